The molecular formula is C24H10F8. The van der Waals surface area contributed by atoms with E-state index in [1.807, 2.05) is 0 Å². The monoisotopic (exact) mass is 450 g/mol. The molecule has 0 spiro atoms. The van der Waals surface area contributed by atoms with Crippen molar-refractivity contribution < 1.29 is 35.1 Å². The molecule has 32 heavy (non-hydrogen) atoms. The van der Waals surface area contributed by atoms with E-state index in [1.165, 1.54) is 36.4 Å². The van der Waals surface area contributed by atoms with E-state index in [0.717, 1.165) is 24.3 Å². The lowest BCUT2D eigenvalue weighted by molar-refractivity contribution is 0.429. The molecule has 0 atom stereocenters. The van der Waals surface area contributed by atoms with Crippen LogP contribution < -0.4 is 0 Å². The van der Waals surface area contributed by atoms with Crippen molar-refractivity contribution in [1.82, 2.24) is 0 Å². The topological polar surface area (TPSA) is 0 Å². The Morgan fingerprint density at radius 1 is 0.281 bits per heavy atom. The van der Waals surface area contributed by atoms with Gasteiger partial charge in [0.1, 0.15) is 11.6 Å². The molecule has 0 amide bonds. The Kier molecular flexibility index (Phi) is 5.46. The van der Waals surface area contributed by atoms with Crippen molar-refractivity contribution in [3.8, 4) is 33.4 Å². The van der Waals surface area contributed by atoms with Crippen LogP contribution in [0.1, 0.15) is 0 Å². The molecule has 0 saturated heterocycles. The van der Waals surface area contributed by atoms with Gasteiger partial charge in [0.25, 0.3) is 0 Å². The molecule has 4 rings (SSSR count). The first-order valence-electron chi connectivity index (χ1n) is 9.08. The molecule has 0 aliphatic carbocycles. The molecule has 4 aromatic carbocycles. The largest absolute Gasteiger partial charge is 0.205 e. The lowest BCUT2D eigenvalue weighted by Crippen LogP contribution is -2.09. The predicted molar refractivity (Wildman–Crippen MR) is 102 cm³/mol. The van der Waals surface area contributed by atoms with E-state index < -0.39 is 68.8 Å². The Morgan fingerprint density at radius 3 is 0.875 bits per heavy atom. The van der Waals surface area contributed by atoms with E-state index >= 15 is 8.78 Å². The zero-order chi connectivity index (χ0) is 23.2. The Hall–Kier alpha value is -3.68. The van der Waals surface area contributed by atoms with Gasteiger partial charge in [-0.25, -0.2) is 35.1 Å². The summed E-state index contributed by atoms with van der Waals surface area (Å²) in [6, 6.07) is 12.9. The molecule has 0 radical (unpaired) electrons. The van der Waals surface area contributed by atoms with Crippen LogP contribution in [0.2, 0.25) is 0 Å². The number of hydrogen-bond donors (Lipinski definition) is 0. The average molecular weight is 450 g/mol. The van der Waals surface area contributed by atoms with Gasteiger partial charge >= 0.3 is 0 Å². The number of benzene rings is 4. The minimum atomic E-state index is -2.29. The summed E-state index contributed by atoms with van der Waals surface area (Å²) in [6.07, 6.45) is 0. The molecule has 8 heteroatoms. The maximum Gasteiger partial charge on any atom is 0.195 e. The third-order valence-electron chi connectivity index (χ3n) is 4.90. The van der Waals surface area contributed by atoms with Gasteiger partial charge in [-0.3, -0.25) is 0 Å². The third kappa shape index (κ3) is 3.23. The van der Waals surface area contributed by atoms with Crippen LogP contribution in [0.3, 0.4) is 0 Å². The second-order valence-corrected chi connectivity index (χ2v) is 6.74. The normalized spacial score (nSPS) is 11.1. The van der Waals surface area contributed by atoms with Gasteiger partial charge in [0.05, 0.1) is 22.3 Å². The standard InChI is InChI=1S/C24H10F8/c25-17-13(11-7-3-1-4-8-11)19(27)23(31)21(29)15(17)16-18(26)14(12-9-5-2-6-10-12)20(28)24(32)22(16)30/h1-10H. The fourth-order valence-corrected chi connectivity index (χ4v) is 3.42. The second kappa shape index (κ2) is 8.11. The molecular weight excluding hydrogens is 440 g/mol. The number of rotatable bonds is 3. The van der Waals surface area contributed by atoms with Gasteiger partial charge in [0.15, 0.2) is 34.9 Å². The highest BCUT2D eigenvalue weighted by atomic mass is 19.2. The maximum absolute atomic E-state index is 15.3. The number of hydrogen-bond acceptors (Lipinski definition) is 0. The van der Waals surface area contributed by atoms with Crippen molar-refractivity contribution >= 4 is 0 Å². The predicted octanol–water partition coefficient (Wildman–Crippen LogP) is 7.80. The highest BCUT2D eigenvalue weighted by Crippen LogP contribution is 2.43. The smallest absolute Gasteiger partial charge is 0.195 e. The number of halogens is 8. The second-order valence-electron chi connectivity index (χ2n) is 6.74. The van der Waals surface area contributed by atoms with E-state index in [-0.39, 0.29) is 11.1 Å². The molecule has 4 aromatic rings. The van der Waals surface area contributed by atoms with Gasteiger partial charge in [-0.05, 0) is 11.1 Å². The summed E-state index contributed by atoms with van der Waals surface area (Å²) in [5.74, 6) is -16.7. The van der Waals surface area contributed by atoms with Crippen LogP contribution in [0.5, 0.6) is 0 Å². The maximum atomic E-state index is 15.3. The first-order valence-corrected chi connectivity index (χ1v) is 9.08. The Balaban J connectivity index is 2.14. The van der Waals surface area contributed by atoms with Gasteiger partial charge in [0.2, 0.25) is 0 Å². The van der Waals surface area contributed by atoms with Gasteiger partial charge < -0.3 is 0 Å². The van der Waals surface area contributed by atoms with E-state index in [0.29, 0.717) is 0 Å². The van der Waals surface area contributed by atoms with Gasteiger partial charge in [-0.2, -0.15) is 0 Å². The molecule has 0 unspecified atom stereocenters. The van der Waals surface area contributed by atoms with Crippen molar-refractivity contribution in [2.24, 2.45) is 0 Å². The zero-order valence-electron chi connectivity index (χ0n) is 15.8. The van der Waals surface area contributed by atoms with E-state index in [4.69, 9.17) is 0 Å². The van der Waals surface area contributed by atoms with Crippen LogP contribution >= 0.6 is 0 Å². The van der Waals surface area contributed by atoms with Crippen LogP contribution in [0.25, 0.3) is 33.4 Å². The minimum Gasteiger partial charge on any atom is -0.205 e. The van der Waals surface area contributed by atoms with Crippen LogP contribution in [-0.2, 0) is 0 Å². The highest BCUT2D eigenvalue weighted by molar-refractivity contribution is 5.80. The molecule has 0 N–H and O–H groups in total. The fraction of sp³-hybridized carbons (Fsp3) is 0. The molecule has 0 bridgehead atoms. The zero-order valence-corrected chi connectivity index (χ0v) is 15.8. The van der Waals surface area contributed by atoms with Crippen molar-refractivity contribution in [3.05, 3.63) is 107 Å². The van der Waals surface area contributed by atoms with E-state index in [1.54, 1.807) is 0 Å². The summed E-state index contributed by atoms with van der Waals surface area (Å²) in [5.41, 5.74) is -6.18. The van der Waals surface area contributed by atoms with Gasteiger partial charge in [-0.15, -0.1) is 0 Å². The molecule has 0 saturated carbocycles. The van der Waals surface area contributed by atoms with Gasteiger partial charge in [0, 0.05) is 0 Å². The summed E-state index contributed by atoms with van der Waals surface area (Å²) in [6.45, 7) is 0. The first-order chi connectivity index (χ1) is 15.3. The Morgan fingerprint density at radius 2 is 0.562 bits per heavy atom. The molecule has 162 valence electrons. The molecule has 0 heterocycles. The van der Waals surface area contributed by atoms with Crippen LogP contribution in [0.15, 0.2) is 60.7 Å². The minimum absolute atomic E-state index is 0.269. The Bertz CT molecular complexity index is 1230. The first kappa shape index (κ1) is 21.5. The lowest BCUT2D eigenvalue weighted by Gasteiger charge is -2.17. The molecule has 0 aliphatic rings. The van der Waals surface area contributed by atoms with Gasteiger partial charge in [-0.1, -0.05) is 60.7 Å². The molecule has 0 aromatic heterocycles. The lowest BCUT2D eigenvalue weighted by atomic mass is 9.92. The van der Waals surface area contributed by atoms with Crippen LogP contribution in [0, 0.1) is 46.5 Å². The van der Waals surface area contributed by atoms with E-state index in [9.17, 15) is 26.3 Å². The summed E-state index contributed by atoms with van der Waals surface area (Å²) in [5, 5.41) is 0. The van der Waals surface area contributed by atoms with Crippen molar-refractivity contribution in [2.45, 2.75) is 0 Å². The van der Waals surface area contributed by atoms with E-state index in [2.05, 4.69) is 0 Å². The summed E-state index contributed by atoms with van der Waals surface area (Å²) < 4.78 is 117. The van der Waals surface area contributed by atoms with Crippen LogP contribution in [0.4, 0.5) is 35.1 Å². The summed E-state index contributed by atoms with van der Waals surface area (Å²) >= 11 is 0. The molecule has 0 aliphatic heterocycles. The average Bonchev–Trinajstić information content (AvgIpc) is 2.80. The van der Waals surface area contributed by atoms with Crippen molar-refractivity contribution in [1.29, 1.82) is 0 Å². The quantitative estimate of drug-likeness (QED) is 0.170. The SMILES string of the molecule is Fc1c(F)c(-c2ccccc2)c(F)c(-c2c(F)c(F)c(F)c(-c3ccccc3)c2F)c1F. The third-order valence-corrected chi connectivity index (χ3v) is 4.90. The van der Waals surface area contributed by atoms with Crippen molar-refractivity contribution in [3.63, 3.8) is 0 Å². The summed E-state index contributed by atoms with van der Waals surface area (Å²) in [4.78, 5) is 0. The Labute approximate surface area is 176 Å². The van der Waals surface area contributed by atoms with Crippen molar-refractivity contribution in [2.75, 3.05) is 0 Å². The molecule has 0 fully saturated rings. The fourth-order valence-electron chi connectivity index (χ4n) is 3.42. The highest BCUT2D eigenvalue weighted by Gasteiger charge is 2.34. The summed E-state index contributed by atoms with van der Waals surface area (Å²) in [7, 11) is 0. The molecule has 0 nitrogen and oxygen atoms in total. The van der Waals surface area contributed by atoms with Crippen LogP contribution in [-0.4, -0.2) is 0 Å².